The van der Waals surface area contributed by atoms with Crippen LogP contribution in [-0.2, 0) is 11.2 Å². The topological polar surface area (TPSA) is 74.8 Å². The molecule has 0 saturated heterocycles. The number of fused-ring (bicyclic) bond motifs is 1. The van der Waals surface area contributed by atoms with E-state index in [4.69, 9.17) is 0 Å². The Morgan fingerprint density at radius 3 is 2.73 bits per heavy atom. The highest BCUT2D eigenvalue weighted by Gasteiger charge is 2.09. The normalized spacial score (nSPS) is 11.0. The minimum atomic E-state index is -0.123. The van der Waals surface area contributed by atoms with E-state index in [-0.39, 0.29) is 17.5 Å². The third-order valence-corrected chi connectivity index (χ3v) is 3.83. The van der Waals surface area contributed by atoms with Crippen LogP contribution in [0.2, 0.25) is 0 Å². The van der Waals surface area contributed by atoms with Crippen molar-refractivity contribution in [2.75, 3.05) is 0 Å². The molecule has 0 aliphatic carbocycles. The summed E-state index contributed by atoms with van der Waals surface area (Å²) in [5, 5.41) is 3.61. The van der Waals surface area contributed by atoms with Crippen LogP contribution in [0.3, 0.4) is 0 Å². The van der Waals surface area contributed by atoms with Crippen molar-refractivity contribution in [3.05, 3.63) is 40.4 Å². The molecule has 2 N–H and O–H groups in total. The number of hydrogen-bond acceptors (Lipinski definition) is 3. The molecule has 0 aliphatic rings. The Bertz CT molecular complexity index is 690. The Morgan fingerprint density at radius 1 is 1.27 bits per heavy atom. The number of rotatable bonds is 7. The first kappa shape index (κ1) is 16.2. The predicted octanol–water partition coefficient (Wildman–Crippen LogP) is 2.55. The number of amides is 1. The number of aromatic amines is 1. The molecule has 0 fully saturated rings. The van der Waals surface area contributed by atoms with Crippen molar-refractivity contribution in [3.63, 3.8) is 0 Å². The van der Waals surface area contributed by atoms with E-state index in [1.807, 2.05) is 18.2 Å². The van der Waals surface area contributed by atoms with Gasteiger partial charge in [-0.15, -0.1) is 0 Å². The summed E-state index contributed by atoms with van der Waals surface area (Å²) in [5.74, 6) is 0.705. The summed E-state index contributed by atoms with van der Waals surface area (Å²) in [6.45, 7) is 4.14. The molecule has 22 heavy (non-hydrogen) atoms. The van der Waals surface area contributed by atoms with Crippen molar-refractivity contribution >= 4 is 16.8 Å². The standard InChI is InChI=1S/C17H23N3O2/c1-3-12(4-2)18-16(21)11-7-10-15-19-14-9-6-5-8-13(14)17(22)20-15/h5-6,8-9,12H,3-4,7,10-11H2,1-2H3,(H,18,21)(H,19,20,22). The van der Waals surface area contributed by atoms with Crippen molar-refractivity contribution in [1.29, 1.82) is 0 Å². The van der Waals surface area contributed by atoms with Gasteiger partial charge in [-0.25, -0.2) is 4.98 Å². The quantitative estimate of drug-likeness (QED) is 0.825. The zero-order valence-corrected chi connectivity index (χ0v) is 13.2. The molecule has 5 nitrogen and oxygen atoms in total. The second-order valence-corrected chi connectivity index (χ2v) is 5.46. The van der Waals surface area contributed by atoms with E-state index in [9.17, 15) is 9.59 Å². The average Bonchev–Trinajstić information content (AvgIpc) is 2.52. The molecule has 1 amide bonds. The van der Waals surface area contributed by atoms with Gasteiger partial charge < -0.3 is 10.3 Å². The summed E-state index contributed by atoms with van der Waals surface area (Å²) < 4.78 is 0. The van der Waals surface area contributed by atoms with Crippen LogP contribution in [-0.4, -0.2) is 21.9 Å². The molecule has 2 aromatic rings. The first-order valence-corrected chi connectivity index (χ1v) is 7.91. The number of para-hydroxylation sites is 1. The van der Waals surface area contributed by atoms with Gasteiger partial charge in [0, 0.05) is 18.9 Å². The molecule has 118 valence electrons. The summed E-state index contributed by atoms with van der Waals surface area (Å²) in [4.78, 5) is 31.0. The SMILES string of the molecule is CCC(CC)NC(=O)CCCc1nc2ccccc2c(=O)[nH]1. The number of nitrogens with one attached hydrogen (secondary N) is 2. The number of hydrogen-bond donors (Lipinski definition) is 2. The van der Waals surface area contributed by atoms with Crippen LogP contribution in [0.1, 0.15) is 45.4 Å². The molecule has 2 rings (SSSR count). The average molecular weight is 301 g/mol. The third-order valence-electron chi connectivity index (χ3n) is 3.83. The molecule has 0 aliphatic heterocycles. The maximum Gasteiger partial charge on any atom is 0.258 e. The van der Waals surface area contributed by atoms with Gasteiger partial charge >= 0.3 is 0 Å². The zero-order valence-electron chi connectivity index (χ0n) is 13.2. The zero-order chi connectivity index (χ0) is 15.9. The van der Waals surface area contributed by atoms with E-state index in [0.717, 1.165) is 12.8 Å². The van der Waals surface area contributed by atoms with Crippen LogP contribution in [0.4, 0.5) is 0 Å². The largest absolute Gasteiger partial charge is 0.353 e. The summed E-state index contributed by atoms with van der Waals surface area (Å²) in [5.41, 5.74) is 0.574. The van der Waals surface area contributed by atoms with Crippen LogP contribution in [0.25, 0.3) is 10.9 Å². The van der Waals surface area contributed by atoms with Gasteiger partial charge in [-0.2, -0.15) is 0 Å². The van der Waals surface area contributed by atoms with Crippen LogP contribution in [0.5, 0.6) is 0 Å². The molecule has 0 bridgehead atoms. The smallest absolute Gasteiger partial charge is 0.258 e. The first-order valence-electron chi connectivity index (χ1n) is 7.91. The highest BCUT2D eigenvalue weighted by atomic mass is 16.1. The van der Waals surface area contributed by atoms with Gasteiger partial charge in [0.15, 0.2) is 0 Å². The number of aryl methyl sites for hydroxylation is 1. The van der Waals surface area contributed by atoms with E-state index >= 15 is 0 Å². The minimum Gasteiger partial charge on any atom is -0.353 e. The second kappa shape index (κ2) is 7.73. The molecular weight excluding hydrogens is 278 g/mol. The van der Waals surface area contributed by atoms with Gasteiger partial charge in [-0.3, -0.25) is 9.59 Å². The van der Waals surface area contributed by atoms with E-state index in [1.165, 1.54) is 0 Å². The molecule has 0 radical (unpaired) electrons. The number of carbonyl (C=O) groups excluding carboxylic acids is 1. The summed E-state index contributed by atoms with van der Waals surface area (Å²) in [6.07, 6.45) is 3.61. The monoisotopic (exact) mass is 301 g/mol. The summed E-state index contributed by atoms with van der Waals surface area (Å²) >= 11 is 0. The van der Waals surface area contributed by atoms with Crippen molar-refractivity contribution in [2.45, 2.75) is 52.0 Å². The van der Waals surface area contributed by atoms with Crippen molar-refractivity contribution in [1.82, 2.24) is 15.3 Å². The van der Waals surface area contributed by atoms with Crippen LogP contribution >= 0.6 is 0 Å². The van der Waals surface area contributed by atoms with Crippen LogP contribution in [0.15, 0.2) is 29.1 Å². The highest BCUT2D eigenvalue weighted by molar-refractivity contribution is 5.77. The van der Waals surface area contributed by atoms with Gasteiger partial charge in [-0.05, 0) is 31.4 Å². The van der Waals surface area contributed by atoms with Gasteiger partial charge in [0.1, 0.15) is 5.82 Å². The number of nitrogens with zero attached hydrogens (tertiary/aromatic N) is 1. The first-order chi connectivity index (χ1) is 10.6. The number of benzene rings is 1. The van der Waals surface area contributed by atoms with Crippen molar-refractivity contribution in [3.8, 4) is 0 Å². The molecular formula is C17H23N3O2. The maximum atomic E-state index is 11.9. The van der Waals surface area contributed by atoms with E-state index in [1.54, 1.807) is 6.07 Å². The molecule has 0 saturated carbocycles. The maximum absolute atomic E-state index is 11.9. The lowest BCUT2D eigenvalue weighted by Crippen LogP contribution is -2.33. The predicted molar refractivity (Wildman–Crippen MR) is 87.8 cm³/mol. The van der Waals surface area contributed by atoms with Crippen LogP contribution < -0.4 is 10.9 Å². The van der Waals surface area contributed by atoms with Crippen LogP contribution in [0, 0.1) is 0 Å². The molecule has 1 heterocycles. The van der Waals surface area contributed by atoms with E-state index < -0.39 is 0 Å². The summed E-state index contributed by atoms with van der Waals surface area (Å²) in [7, 11) is 0. The number of aromatic nitrogens is 2. The number of H-pyrrole nitrogens is 1. The molecule has 0 spiro atoms. The Morgan fingerprint density at radius 2 is 2.00 bits per heavy atom. The Hall–Kier alpha value is -2.17. The second-order valence-electron chi connectivity index (χ2n) is 5.46. The van der Waals surface area contributed by atoms with Crippen molar-refractivity contribution < 1.29 is 4.79 Å². The molecule has 1 aromatic heterocycles. The minimum absolute atomic E-state index is 0.0665. The number of carbonyl (C=O) groups is 1. The fourth-order valence-corrected chi connectivity index (χ4v) is 2.46. The highest BCUT2D eigenvalue weighted by Crippen LogP contribution is 2.07. The third kappa shape index (κ3) is 4.16. The Labute approximate surface area is 130 Å². The van der Waals surface area contributed by atoms with Gasteiger partial charge in [0.25, 0.3) is 5.56 Å². The lowest BCUT2D eigenvalue weighted by atomic mass is 10.1. The van der Waals surface area contributed by atoms with E-state index in [0.29, 0.717) is 36.0 Å². The van der Waals surface area contributed by atoms with Gasteiger partial charge in [0.05, 0.1) is 10.9 Å². The molecule has 1 aromatic carbocycles. The van der Waals surface area contributed by atoms with Gasteiger partial charge in [0.2, 0.25) is 5.91 Å². The lowest BCUT2D eigenvalue weighted by molar-refractivity contribution is -0.121. The summed E-state index contributed by atoms with van der Waals surface area (Å²) in [6, 6.07) is 7.52. The van der Waals surface area contributed by atoms with Crippen molar-refractivity contribution in [2.24, 2.45) is 0 Å². The fourth-order valence-electron chi connectivity index (χ4n) is 2.46. The van der Waals surface area contributed by atoms with E-state index in [2.05, 4.69) is 29.1 Å². The fraction of sp³-hybridized carbons (Fsp3) is 0.471. The Balaban J connectivity index is 1.92. The molecule has 5 heteroatoms. The van der Waals surface area contributed by atoms with Gasteiger partial charge in [-0.1, -0.05) is 26.0 Å². The molecule has 0 atom stereocenters. The lowest BCUT2D eigenvalue weighted by Gasteiger charge is -2.14. The molecule has 0 unspecified atom stereocenters. The Kier molecular flexibility index (Phi) is 5.69.